The average Bonchev–Trinajstić information content (AvgIpc) is 3.74. The quantitative estimate of drug-likeness (QED) is 0.203. The third kappa shape index (κ3) is 8.88. The van der Waals surface area contributed by atoms with Crippen LogP contribution in [0.1, 0.15) is 88.5 Å². The molecule has 13 heteroatoms. The number of piperidine rings is 1. The lowest BCUT2D eigenvalue weighted by molar-refractivity contribution is -0.145. The Morgan fingerprint density at radius 3 is 2.00 bits per heavy atom. The fourth-order valence-electron chi connectivity index (χ4n) is 6.25. The molecule has 0 aromatic carbocycles. The molecule has 3 aliphatic rings. The number of ketones is 1. The highest BCUT2D eigenvalue weighted by Crippen LogP contribution is 2.65. The molecule has 1 saturated heterocycles. The van der Waals surface area contributed by atoms with Crippen LogP contribution in [0.4, 0.5) is 9.59 Å². The summed E-state index contributed by atoms with van der Waals surface area (Å²) < 4.78 is 5.35. The molecule has 3 fully saturated rings. The van der Waals surface area contributed by atoms with Crippen LogP contribution in [0.5, 0.6) is 0 Å². The van der Waals surface area contributed by atoms with Gasteiger partial charge in [0.25, 0.3) is 5.91 Å². The van der Waals surface area contributed by atoms with Crippen LogP contribution in [0.15, 0.2) is 0 Å². The van der Waals surface area contributed by atoms with E-state index in [1.807, 2.05) is 69.2 Å². The number of nitrogens with two attached hydrogens (primary N) is 1. The van der Waals surface area contributed by atoms with E-state index < -0.39 is 70.6 Å². The smallest absolute Gasteiger partial charge is 0.407 e. The van der Waals surface area contributed by atoms with E-state index in [1.54, 1.807) is 0 Å². The number of carbonyl (C=O) groups excluding carboxylic acids is 6. The summed E-state index contributed by atoms with van der Waals surface area (Å²) in [7, 11) is 0. The number of fused-ring (bicyclic) bond motifs is 1. The molecule has 2 aliphatic carbocycles. The predicted molar refractivity (Wildman–Crippen MR) is 168 cm³/mol. The Bertz CT molecular complexity index is 1180. The number of hydrogen-bond donors (Lipinski definition) is 5. The van der Waals surface area contributed by atoms with Crippen molar-refractivity contribution in [1.82, 2.24) is 26.2 Å². The molecule has 1 aliphatic heterocycles. The highest BCUT2D eigenvalue weighted by Gasteiger charge is 2.70. The van der Waals surface area contributed by atoms with Crippen LogP contribution in [0.25, 0.3) is 0 Å². The van der Waals surface area contributed by atoms with Gasteiger partial charge in [0, 0.05) is 12.6 Å². The zero-order valence-corrected chi connectivity index (χ0v) is 28.5. The number of urea groups is 1. The van der Waals surface area contributed by atoms with Gasteiger partial charge in [0.1, 0.15) is 18.7 Å². The number of amides is 6. The van der Waals surface area contributed by atoms with E-state index in [0.717, 1.165) is 12.8 Å². The van der Waals surface area contributed by atoms with Crippen molar-refractivity contribution in [2.75, 3.05) is 13.2 Å². The molecule has 45 heavy (non-hydrogen) atoms. The zero-order chi connectivity index (χ0) is 34.2. The van der Waals surface area contributed by atoms with Crippen molar-refractivity contribution in [2.24, 2.45) is 39.7 Å². The van der Waals surface area contributed by atoms with Gasteiger partial charge in [-0.15, -0.1) is 0 Å². The summed E-state index contributed by atoms with van der Waals surface area (Å²) in [6.45, 7) is 19.1. The molecule has 0 bridgehead atoms. The summed E-state index contributed by atoms with van der Waals surface area (Å²) in [4.78, 5) is 79.3. The van der Waals surface area contributed by atoms with Crippen LogP contribution in [0.3, 0.4) is 0 Å². The summed E-state index contributed by atoms with van der Waals surface area (Å²) in [5, 5.41) is 11.1. The largest absolute Gasteiger partial charge is 0.447 e. The van der Waals surface area contributed by atoms with E-state index in [-0.39, 0.29) is 35.8 Å². The van der Waals surface area contributed by atoms with Crippen LogP contribution in [-0.2, 0) is 23.9 Å². The molecule has 1 heterocycles. The SMILES string of the molecule is CC(C)NC(=O)OC[C@@H](NC(=O)NC(C(=O)N1CC2[C@@H](C1C(=O)NC(CC1CC1)C(=O)C(N)=O)C2(C)C)C(C)(C)C)C(C)(C)C. The van der Waals surface area contributed by atoms with Crippen LogP contribution in [0.2, 0.25) is 0 Å². The summed E-state index contributed by atoms with van der Waals surface area (Å²) in [5.41, 5.74) is 3.87. The van der Waals surface area contributed by atoms with Gasteiger partial charge in [0.2, 0.25) is 17.6 Å². The highest BCUT2D eigenvalue weighted by molar-refractivity contribution is 6.37. The number of nitrogens with one attached hydrogen (secondary N) is 4. The Hall–Kier alpha value is -3.38. The predicted octanol–water partition coefficient (Wildman–Crippen LogP) is 2.07. The van der Waals surface area contributed by atoms with Gasteiger partial charge in [0.05, 0.1) is 12.1 Å². The number of ether oxygens (including phenoxy) is 1. The van der Waals surface area contributed by atoms with E-state index >= 15 is 0 Å². The Morgan fingerprint density at radius 1 is 0.911 bits per heavy atom. The molecule has 3 rings (SSSR count). The van der Waals surface area contributed by atoms with E-state index in [1.165, 1.54) is 4.90 Å². The third-order valence-corrected chi connectivity index (χ3v) is 9.43. The molecule has 0 aromatic rings. The van der Waals surface area contributed by atoms with Crippen molar-refractivity contribution in [3.05, 3.63) is 0 Å². The van der Waals surface area contributed by atoms with Crippen LogP contribution < -0.4 is 27.0 Å². The Labute approximate surface area is 266 Å². The Balaban J connectivity index is 1.78. The molecule has 0 spiro atoms. The molecule has 0 aromatic heterocycles. The molecule has 2 saturated carbocycles. The Morgan fingerprint density at radius 2 is 1.51 bits per heavy atom. The molecule has 6 atom stereocenters. The van der Waals surface area contributed by atoms with Gasteiger partial charge < -0.3 is 36.6 Å². The lowest BCUT2D eigenvalue weighted by atomic mass is 9.85. The number of carbonyl (C=O) groups is 6. The second-order valence-corrected chi connectivity index (χ2v) is 16.1. The minimum Gasteiger partial charge on any atom is -0.447 e. The molecular formula is C32H54N6O7. The summed E-state index contributed by atoms with van der Waals surface area (Å²) in [5.74, 6) is -2.69. The maximum atomic E-state index is 14.2. The lowest BCUT2D eigenvalue weighted by Crippen LogP contribution is -2.62. The first-order chi connectivity index (χ1) is 20.5. The van der Waals surface area contributed by atoms with Gasteiger partial charge in [-0.2, -0.15) is 0 Å². The van der Waals surface area contributed by atoms with E-state index in [4.69, 9.17) is 10.5 Å². The topological polar surface area (TPSA) is 189 Å². The first kappa shape index (κ1) is 36.1. The zero-order valence-electron chi connectivity index (χ0n) is 28.5. The van der Waals surface area contributed by atoms with E-state index in [9.17, 15) is 28.8 Å². The number of rotatable bonds is 12. The average molecular weight is 635 g/mol. The number of likely N-dealkylation sites (tertiary alicyclic amines) is 1. The molecule has 6 amide bonds. The minimum atomic E-state index is -1.10. The monoisotopic (exact) mass is 634 g/mol. The van der Waals surface area contributed by atoms with Gasteiger partial charge in [-0.1, -0.05) is 68.2 Å². The van der Waals surface area contributed by atoms with Crippen molar-refractivity contribution in [3.8, 4) is 0 Å². The number of nitrogens with zero attached hydrogens (tertiary/aromatic N) is 1. The third-order valence-electron chi connectivity index (χ3n) is 9.43. The van der Waals surface area contributed by atoms with Crippen LogP contribution in [-0.4, -0.2) is 83.9 Å². The number of alkyl carbamates (subject to hydrolysis) is 1. The molecule has 13 nitrogen and oxygen atoms in total. The van der Waals surface area contributed by atoms with Crippen LogP contribution >= 0.6 is 0 Å². The standard InChI is InChI=1S/C32H54N6O7/c1-16(2)34-29(44)45-15-20(30(3,4)5)36-28(43)37-24(31(6,7)8)27(42)38-14-18-21(32(18,9)10)22(38)26(41)35-19(13-17-11-12-17)23(39)25(33)40/h16-22,24H,11-15H2,1-10H3,(H2,33,40)(H,34,44)(H,35,41)(H2,36,37,43)/t18?,19?,20-,21+,22?,24?/m1/s1. The van der Waals surface area contributed by atoms with Gasteiger partial charge >= 0.3 is 12.1 Å². The van der Waals surface area contributed by atoms with E-state index in [0.29, 0.717) is 13.0 Å². The molecule has 254 valence electrons. The molecule has 0 radical (unpaired) electrons. The molecule has 6 N–H and O–H groups in total. The minimum absolute atomic E-state index is 0.0692. The number of hydrogen-bond acceptors (Lipinski definition) is 7. The van der Waals surface area contributed by atoms with Gasteiger partial charge in [0.15, 0.2) is 0 Å². The first-order valence-corrected chi connectivity index (χ1v) is 16.0. The first-order valence-electron chi connectivity index (χ1n) is 16.0. The molecular weight excluding hydrogens is 580 g/mol. The maximum absolute atomic E-state index is 14.2. The summed E-state index contributed by atoms with van der Waals surface area (Å²) >= 11 is 0. The summed E-state index contributed by atoms with van der Waals surface area (Å²) in [6, 6.07) is -4.21. The van der Waals surface area contributed by atoms with Gasteiger partial charge in [-0.25, -0.2) is 9.59 Å². The van der Waals surface area contributed by atoms with Gasteiger partial charge in [-0.3, -0.25) is 19.2 Å². The van der Waals surface area contributed by atoms with Crippen molar-refractivity contribution >= 4 is 35.6 Å². The van der Waals surface area contributed by atoms with Crippen LogP contribution in [0, 0.1) is 34.0 Å². The fraction of sp³-hybridized carbons (Fsp3) is 0.812. The van der Waals surface area contributed by atoms with E-state index in [2.05, 4.69) is 21.3 Å². The summed E-state index contributed by atoms with van der Waals surface area (Å²) in [6.07, 6.45) is 1.56. The van der Waals surface area contributed by atoms with Crippen molar-refractivity contribution < 1.29 is 33.5 Å². The highest BCUT2D eigenvalue weighted by atomic mass is 16.5. The van der Waals surface area contributed by atoms with Crippen molar-refractivity contribution in [2.45, 2.75) is 119 Å². The van der Waals surface area contributed by atoms with Crippen molar-refractivity contribution in [3.63, 3.8) is 0 Å². The number of Topliss-reactive ketones (excluding diaryl/α,β-unsaturated/α-hetero) is 1. The maximum Gasteiger partial charge on any atom is 0.407 e. The fourth-order valence-corrected chi connectivity index (χ4v) is 6.25. The lowest BCUT2D eigenvalue weighted by Gasteiger charge is -2.38. The normalized spacial score (nSPS) is 24.1. The Kier molecular flexibility index (Phi) is 10.6. The number of primary amides is 1. The second kappa shape index (κ2) is 13.2. The second-order valence-electron chi connectivity index (χ2n) is 16.1. The van der Waals surface area contributed by atoms with Crippen molar-refractivity contribution in [1.29, 1.82) is 0 Å². The van der Waals surface area contributed by atoms with Gasteiger partial charge in [-0.05, 0) is 54.3 Å². The molecule has 4 unspecified atom stereocenters.